The van der Waals surface area contributed by atoms with Crippen molar-refractivity contribution in [3.05, 3.63) is 59.4 Å². The van der Waals surface area contributed by atoms with Crippen LogP contribution in [0, 0.1) is 11.3 Å². The Bertz CT molecular complexity index is 634. The van der Waals surface area contributed by atoms with Crippen molar-refractivity contribution in [1.82, 2.24) is 10.3 Å². The van der Waals surface area contributed by atoms with Crippen LogP contribution in [-0.4, -0.2) is 11.5 Å². The first-order valence-electron chi connectivity index (χ1n) is 7.04. The normalized spacial score (nSPS) is 11.7. The van der Waals surface area contributed by atoms with Crippen molar-refractivity contribution >= 4 is 0 Å². The molecule has 0 aliphatic carbocycles. The number of rotatable bonds is 6. The van der Waals surface area contributed by atoms with Gasteiger partial charge in [-0.15, -0.1) is 0 Å². The molecule has 1 heterocycles. The van der Waals surface area contributed by atoms with E-state index < -0.39 is 0 Å². The third-order valence-corrected chi connectivity index (χ3v) is 3.21. The maximum atomic E-state index is 8.83. The van der Waals surface area contributed by atoms with Crippen molar-refractivity contribution in [2.45, 2.75) is 26.5 Å². The van der Waals surface area contributed by atoms with Gasteiger partial charge in [0.1, 0.15) is 24.1 Å². The lowest BCUT2D eigenvalue weighted by Crippen LogP contribution is -2.17. The van der Waals surface area contributed by atoms with E-state index in [4.69, 9.17) is 10.00 Å². The van der Waals surface area contributed by atoms with Crippen LogP contribution in [0.4, 0.5) is 0 Å². The quantitative estimate of drug-likeness (QED) is 0.883. The topological polar surface area (TPSA) is 57.9 Å². The zero-order valence-corrected chi connectivity index (χ0v) is 12.3. The molecule has 0 radical (unpaired) electrons. The molecule has 2 aromatic rings. The predicted molar refractivity (Wildman–Crippen MR) is 81.8 cm³/mol. The second kappa shape index (κ2) is 7.41. The highest BCUT2D eigenvalue weighted by Gasteiger charge is 2.05. The molecule has 108 valence electrons. The summed E-state index contributed by atoms with van der Waals surface area (Å²) in [6, 6.07) is 14.0. The number of nitrogens with one attached hydrogen (secondary N) is 1. The third kappa shape index (κ3) is 4.30. The minimum atomic E-state index is 0.296. The van der Waals surface area contributed by atoms with Gasteiger partial charge in [0.25, 0.3) is 0 Å². The van der Waals surface area contributed by atoms with Crippen molar-refractivity contribution in [2.24, 2.45) is 0 Å². The highest BCUT2D eigenvalue weighted by Crippen LogP contribution is 2.20. The van der Waals surface area contributed by atoms with Gasteiger partial charge in [-0.2, -0.15) is 5.26 Å². The fraction of sp³-hybridized carbons (Fsp3) is 0.294. The van der Waals surface area contributed by atoms with Gasteiger partial charge in [-0.1, -0.05) is 19.1 Å². The van der Waals surface area contributed by atoms with Gasteiger partial charge >= 0.3 is 0 Å². The molecule has 0 saturated heterocycles. The summed E-state index contributed by atoms with van der Waals surface area (Å²) in [5.74, 6) is 0.826. The van der Waals surface area contributed by atoms with Gasteiger partial charge in [0, 0.05) is 12.2 Å². The lowest BCUT2D eigenvalue weighted by molar-refractivity contribution is 0.305. The van der Waals surface area contributed by atoms with Crippen LogP contribution in [-0.2, 0) is 6.61 Å². The van der Waals surface area contributed by atoms with Crippen LogP contribution < -0.4 is 10.1 Å². The molecule has 1 unspecified atom stereocenters. The molecule has 4 nitrogen and oxygen atoms in total. The van der Waals surface area contributed by atoms with E-state index in [9.17, 15) is 0 Å². The molecular weight excluding hydrogens is 262 g/mol. The second-order valence-electron chi connectivity index (χ2n) is 4.80. The summed E-state index contributed by atoms with van der Waals surface area (Å²) in [6.45, 7) is 5.58. The average molecular weight is 281 g/mol. The number of pyridine rings is 1. The summed E-state index contributed by atoms with van der Waals surface area (Å²) < 4.78 is 5.80. The lowest BCUT2D eigenvalue weighted by atomic mass is 10.1. The largest absolute Gasteiger partial charge is 0.489 e. The molecule has 1 atom stereocenters. The lowest BCUT2D eigenvalue weighted by Gasteiger charge is -2.14. The highest BCUT2D eigenvalue weighted by molar-refractivity contribution is 5.31. The fourth-order valence-corrected chi connectivity index (χ4v) is 2.09. The molecule has 0 aliphatic rings. The molecule has 1 aromatic carbocycles. The standard InChI is InChI=1S/C17H19N3O/c1-3-19-13(2)15-5-4-6-17(10-15)21-12-14-7-8-20-16(9-14)11-18/h4-10,13,19H,3,12H2,1-2H3. The Morgan fingerprint density at radius 1 is 1.33 bits per heavy atom. The molecule has 21 heavy (non-hydrogen) atoms. The predicted octanol–water partition coefficient (Wildman–Crippen LogP) is 3.20. The van der Waals surface area contributed by atoms with Crippen molar-refractivity contribution in [1.29, 1.82) is 5.26 Å². The highest BCUT2D eigenvalue weighted by atomic mass is 16.5. The Morgan fingerprint density at radius 3 is 2.95 bits per heavy atom. The van der Waals surface area contributed by atoms with Crippen LogP contribution in [0.25, 0.3) is 0 Å². The Balaban J connectivity index is 2.03. The van der Waals surface area contributed by atoms with Gasteiger partial charge in [-0.05, 0) is 48.9 Å². The first-order chi connectivity index (χ1) is 10.2. The van der Waals surface area contributed by atoms with E-state index in [2.05, 4.69) is 30.2 Å². The van der Waals surface area contributed by atoms with Gasteiger partial charge in [-0.3, -0.25) is 0 Å². The number of ether oxygens (including phenoxy) is 1. The van der Waals surface area contributed by atoms with Gasteiger partial charge < -0.3 is 10.1 Å². The molecule has 0 amide bonds. The zero-order valence-electron chi connectivity index (χ0n) is 12.3. The van der Waals surface area contributed by atoms with Gasteiger partial charge in [0.2, 0.25) is 0 Å². The first-order valence-corrected chi connectivity index (χ1v) is 7.04. The third-order valence-electron chi connectivity index (χ3n) is 3.21. The number of hydrogen-bond donors (Lipinski definition) is 1. The number of nitriles is 1. The van der Waals surface area contributed by atoms with Crippen LogP contribution in [0.2, 0.25) is 0 Å². The monoisotopic (exact) mass is 281 g/mol. The molecular formula is C17H19N3O. The molecule has 1 aromatic heterocycles. The van der Waals surface area contributed by atoms with E-state index in [0.717, 1.165) is 17.9 Å². The number of hydrogen-bond acceptors (Lipinski definition) is 4. The average Bonchev–Trinajstić information content (AvgIpc) is 2.53. The van der Waals surface area contributed by atoms with Crippen molar-refractivity contribution in [3.63, 3.8) is 0 Å². The zero-order chi connectivity index (χ0) is 15.1. The Labute approximate surface area is 125 Å². The van der Waals surface area contributed by atoms with E-state index in [-0.39, 0.29) is 0 Å². The molecule has 0 spiro atoms. The van der Waals surface area contributed by atoms with Crippen molar-refractivity contribution in [3.8, 4) is 11.8 Å². The van der Waals surface area contributed by atoms with E-state index >= 15 is 0 Å². The molecule has 4 heteroatoms. The summed E-state index contributed by atoms with van der Waals surface area (Å²) in [5, 5.41) is 12.2. The van der Waals surface area contributed by atoms with Gasteiger partial charge in [0.05, 0.1) is 0 Å². The number of aromatic nitrogens is 1. The Morgan fingerprint density at radius 2 is 2.19 bits per heavy atom. The van der Waals surface area contributed by atoms with Gasteiger partial charge in [0.15, 0.2) is 0 Å². The smallest absolute Gasteiger partial charge is 0.140 e. The minimum absolute atomic E-state index is 0.296. The first kappa shape index (κ1) is 15.0. The Hall–Kier alpha value is -2.38. The Kier molecular flexibility index (Phi) is 5.30. The number of nitrogens with zero attached hydrogens (tertiary/aromatic N) is 2. The van der Waals surface area contributed by atoms with E-state index in [1.165, 1.54) is 5.56 Å². The summed E-state index contributed by atoms with van der Waals surface area (Å²) in [7, 11) is 0. The summed E-state index contributed by atoms with van der Waals surface area (Å²) in [5.41, 5.74) is 2.54. The van der Waals surface area contributed by atoms with Crippen LogP contribution in [0.15, 0.2) is 42.6 Å². The molecule has 2 rings (SSSR count). The van der Waals surface area contributed by atoms with E-state index in [1.54, 1.807) is 12.3 Å². The maximum Gasteiger partial charge on any atom is 0.140 e. The molecule has 0 fully saturated rings. The van der Waals surface area contributed by atoms with Gasteiger partial charge in [-0.25, -0.2) is 4.98 Å². The van der Waals surface area contributed by atoms with Crippen molar-refractivity contribution in [2.75, 3.05) is 6.54 Å². The molecule has 0 saturated carbocycles. The molecule has 0 aliphatic heterocycles. The number of benzene rings is 1. The SMILES string of the molecule is CCNC(C)c1cccc(OCc2ccnc(C#N)c2)c1. The van der Waals surface area contributed by atoms with Crippen LogP contribution in [0.5, 0.6) is 5.75 Å². The maximum absolute atomic E-state index is 8.83. The fourth-order valence-electron chi connectivity index (χ4n) is 2.09. The molecule has 1 N–H and O–H groups in total. The summed E-state index contributed by atoms with van der Waals surface area (Å²) in [4.78, 5) is 3.95. The van der Waals surface area contributed by atoms with Crippen molar-refractivity contribution < 1.29 is 4.74 Å². The minimum Gasteiger partial charge on any atom is -0.489 e. The van der Waals surface area contributed by atoms with Crippen LogP contribution in [0.1, 0.15) is 36.7 Å². The molecule has 0 bridgehead atoms. The summed E-state index contributed by atoms with van der Waals surface area (Å²) in [6.07, 6.45) is 1.63. The summed E-state index contributed by atoms with van der Waals surface area (Å²) >= 11 is 0. The van der Waals surface area contributed by atoms with Crippen LogP contribution in [0.3, 0.4) is 0 Å². The van der Waals surface area contributed by atoms with E-state index in [0.29, 0.717) is 18.3 Å². The van der Waals surface area contributed by atoms with Crippen LogP contribution >= 0.6 is 0 Å². The second-order valence-corrected chi connectivity index (χ2v) is 4.80. The van der Waals surface area contributed by atoms with E-state index in [1.807, 2.05) is 30.3 Å².